The van der Waals surface area contributed by atoms with E-state index in [1.54, 1.807) is 12.4 Å². The van der Waals surface area contributed by atoms with E-state index < -0.39 is 0 Å². The Kier molecular flexibility index (Phi) is 4.99. The van der Waals surface area contributed by atoms with E-state index in [1.807, 2.05) is 12.1 Å². The third-order valence-corrected chi connectivity index (χ3v) is 6.25. The summed E-state index contributed by atoms with van der Waals surface area (Å²) in [6, 6.07) is 7.19. The molecule has 1 aromatic carbocycles. The smallest absolute Gasteiger partial charge is 0.229 e. The van der Waals surface area contributed by atoms with Crippen LogP contribution in [0.3, 0.4) is 0 Å². The van der Waals surface area contributed by atoms with Gasteiger partial charge in [-0.05, 0) is 43.7 Å². The van der Waals surface area contributed by atoms with Crippen molar-refractivity contribution in [1.29, 1.82) is 0 Å². The molecule has 0 aliphatic heterocycles. The summed E-state index contributed by atoms with van der Waals surface area (Å²) in [6.07, 6.45) is 7.62. The minimum absolute atomic E-state index is 0.0561. The van der Waals surface area contributed by atoms with Crippen molar-refractivity contribution < 1.29 is 14.6 Å². The topological polar surface area (TPSA) is 97.2 Å². The monoisotopic (exact) mass is 409 g/mol. The van der Waals surface area contributed by atoms with Gasteiger partial charge in [0.25, 0.3) is 0 Å². The van der Waals surface area contributed by atoms with Gasteiger partial charge in [-0.25, -0.2) is 15.0 Å². The van der Waals surface area contributed by atoms with E-state index in [1.165, 1.54) is 11.3 Å². The second-order valence-corrected chi connectivity index (χ2v) is 8.60. The number of carbonyl (C=O) groups excluding carboxylic acids is 1. The number of fused-ring (bicyclic) bond motifs is 1. The molecule has 0 unspecified atom stereocenters. The summed E-state index contributed by atoms with van der Waals surface area (Å²) in [5.41, 5.74) is 2.54. The lowest BCUT2D eigenvalue weighted by Crippen LogP contribution is -2.22. The molecule has 2 N–H and O–H groups in total. The highest BCUT2D eigenvalue weighted by molar-refractivity contribution is 7.22. The zero-order chi connectivity index (χ0) is 19.8. The fraction of sp³-hybridized carbons (Fsp3) is 0.429. The molecule has 2 heterocycles. The van der Waals surface area contributed by atoms with Gasteiger partial charge in [0.05, 0.1) is 22.4 Å². The second-order valence-electron chi connectivity index (χ2n) is 7.60. The number of benzene rings is 1. The SMILES string of the molecule is O=C(Nc1nc2ccc(-c3cnc(CO[C@H]4CCC[C@@H]4O)nc3)[c]c2s1)C1CC1. The van der Waals surface area contributed by atoms with Crippen LogP contribution in [-0.4, -0.2) is 38.2 Å². The summed E-state index contributed by atoms with van der Waals surface area (Å²) in [6.45, 7) is 0.295. The molecule has 1 amide bonds. The van der Waals surface area contributed by atoms with Crippen LogP contribution in [0, 0.1) is 12.0 Å². The molecule has 2 fully saturated rings. The first-order chi connectivity index (χ1) is 14.2. The van der Waals surface area contributed by atoms with Gasteiger partial charge in [-0.3, -0.25) is 4.79 Å². The normalized spacial score (nSPS) is 21.6. The van der Waals surface area contributed by atoms with Crippen LogP contribution in [0.5, 0.6) is 0 Å². The summed E-state index contributed by atoms with van der Waals surface area (Å²) in [7, 11) is 0. The lowest BCUT2D eigenvalue weighted by Gasteiger charge is -2.14. The molecule has 5 rings (SSSR count). The number of aliphatic hydroxyl groups excluding tert-OH is 1. The summed E-state index contributed by atoms with van der Waals surface area (Å²) in [5.74, 6) is 0.801. The summed E-state index contributed by atoms with van der Waals surface area (Å²) in [5, 5.41) is 13.3. The van der Waals surface area contributed by atoms with Gasteiger partial charge in [0.1, 0.15) is 6.61 Å². The van der Waals surface area contributed by atoms with Crippen LogP contribution in [0.15, 0.2) is 24.5 Å². The van der Waals surface area contributed by atoms with Gasteiger partial charge < -0.3 is 15.2 Å². The number of nitrogens with zero attached hydrogens (tertiary/aromatic N) is 3. The van der Waals surface area contributed by atoms with Gasteiger partial charge in [0.2, 0.25) is 5.91 Å². The first-order valence-electron chi connectivity index (χ1n) is 9.90. The Morgan fingerprint density at radius 3 is 2.79 bits per heavy atom. The number of rotatable bonds is 6. The van der Waals surface area contributed by atoms with E-state index >= 15 is 0 Å². The van der Waals surface area contributed by atoms with Gasteiger partial charge in [0.15, 0.2) is 11.0 Å². The Labute approximate surface area is 172 Å². The molecular weight excluding hydrogens is 388 g/mol. The van der Waals surface area contributed by atoms with Crippen LogP contribution in [0.2, 0.25) is 0 Å². The number of aliphatic hydroxyl groups is 1. The Morgan fingerprint density at radius 1 is 1.24 bits per heavy atom. The molecule has 149 valence electrons. The molecule has 2 aliphatic rings. The van der Waals surface area contributed by atoms with Crippen LogP contribution < -0.4 is 5.32 Å². The molecule has 2 atom stereocenters. The maximum Gasteiger partial charge on any atom is 0.229 e. The Bertz CT molecular complexity index is 1030. The van der Waals surface area contributed by atoms with Crippen molar-refractivity contribution in [3.05, 3.63) is 36.4 Å². The third-order valence-electron chi connectivity index (χ3n) is 5.35. The zero-order valence-electron chi connectivity index (χ0n) is 15.8. The molecule has 3 aromatic rings. The molecule has 0 saturated heterocycles. The predicted octanol–water partition coefficient (Wildman–Crippen LogP) is 3.33. The van der Waals surface area contributed by atoms with Gasteiger partial charge in [-0.2, -0.15) is 0 Å². The molecule has 2 aromatic heterocycles. The van der Waals surface area contributed by atoms with Crippen molar-refractivity contribution >= 4 is 32.6 Å². The van der Waals surface area contributed by atoms with Crippen molar-refractivity contribution in [2.45, 2.75) is 50.9 Å². The quantitative estimate of drug-likeness (QED) is 0.648. The maximum absolute atomic E-state index is 11.9. The number of anilines is 1. The number of nitrogens with one attached hydrogen (secondary N) is 1. The Morgan fingerprint density at radius 2 is 2.07 bits per heavy atom. The highest BCUT2D eigenvalue weighted by Crippen LogP contribution is 2.33. The van der Waals surface area contributed by atoms with Gasteiger partial charge >= 0.3 is 0 Å². The van der Waals surface area contributed by atoms with E-state index in [0.717, 1.165) is 53.4 Å². The van der Waals surface area contributed by atoms with E-state index in [2.05, 4.69) is 26.3 Å². The van der Waals surface area contributed by atoms with Crippen molar-refractivity contribution in [3.63, 3.8) is 0 Å². The van der Waals surface area contributed by atoms with Crippen LogP contribution in [0.1, 0.15) is 37.9 Å². The Balaban J connectivity index is 1.27. The lowest BCUT2D eigenvalue weighted by molar-refractivity contribution is -0.117. The van der Waals surface area contributed by atoms with Crippen LogP contribution in [-0.2, 0) is 16.1 Å². The average molecular weight is 409 g/mol. The molecule has 7 nitrogen and oxygen atoms in total. The first kappa shape index (κ1) is 18.6. The average Bonchev–Trinajstić information content (AvgIpc) is 3.39. The molecular formula is C21H21N4O3S. The number of thiazole rings is 1. The molecule has 0 bridgehead atoms. The van der Waals surface area contributed by atoms with E-state index in [0.29, 0.717) is 17.6 Å². The molecule has 8 heteroatoms. The van der Waals surface area contributed by atoms with Crippen molar-refractivity contribution in [1.82, 2.24) is 15.0 Å². The van der Waals surface area contributed by atoms with Crippen LogP contribution in [0.4, 0.5) is 5.13 Å². The largest absolute Gasteiger partial charge is 0.390 e. The van der Waals surface area contributed by atoms with Crippen molar-refractivity contribution in [2.24, 2.45) is 5.92 Å². The fourth-order valence-corrected chi connectivity index (χ4v) is 4.35. The van der Waals surface area contributed by atoms with Crippen LogP contribution in [0.25, 0.3) is 21.3 Å². The summed E-state index contributed by atoms with van der Waals surface area (Å²) >= 11 is 1.42. The van der Waals surface area contributed by atoms with Crippen LogP contribution >= 0.6 is 11.3 Å². The molecule has 0 spiro atoms. The predicted molar refractivity (Wildman–Crippen MR) is 109 cm³/mol. The van der Waals surface area contributed by atoms with Crippen molar-refractivity contribution in [2.75, 3.05) is 5.32 Å². The molecule has 29 heavy (non-hydrogen) atoms. The summed E-state index contributed by atoms with van der Waals surface area (Å²) in [4.78, 5) is 25.2. The highest BCUT2D eigenvalue weighted by Gasteiger charge is 2.30. The van der Waals surface area contributed by atoms with Crippen molar-refractivity contribution in [3.8, 4) is 11.1 Å². The van der Waals surface area contributed by atoms with E-state index in [-0.39, 0.29) is 24.0 Å². The number of aromatic nitrogens is 3. The number of hydrogen-bond acceptors (Lipinski definition) is 7. The number of amides is 1. The standard InChI is InChI=1S/C21H21N4O3S/c26-16-2-1-3-17(16)28-11-19-22-9-14(10-23-19)13-6-7-15-18(8-13)29-21(24-15)25-20(27)12-4-5-12/h6-7,9-10,12,16-17,26H,1-5,11H2,(H,24,25,27)/t16-,17-/m0/s1. The van der Waals surface area contributed by atoms with Gasteiger partial charge in [-0.15, -0.1) is 0 Å². The Hall–Kier alpha value is -2.42. The number of hydrogen-bond donors (Lipinski definition) is 2. The minimum atomic E-state index is -0.381. The minimum Gasteiger partial charge on any atom is -0.390 e. The number of carbonyl (C=O) groups is 1. The highest BCUT2D eigenvalue weighted by atomic mass is 32.1. The molecule has 2 saturated carbocycles. The lowest BCUT2D eigenvalue weighted by atomic mass is 10.1. The van der Waals surface area contributed by atoms with E-state index in [9.17, 15) is 9.90 Å². The first-order valence-corrected chi connectivity index (χ1v) is 10.7. The summed E-state index contributed by atoms with van der Waals surface area (Å²) < 4.78 is 6.62. The van der Waals surface area contributed by atoms with E-state index in [4.69, 9.17) is 4.74 Å². The van der Waals surface area contributed by atoms with Gasteiger partial charge in [-0.1, -0.05) is 17.4 Å². The number of ether oxygens (including phenoxy) is 1. The fourth-order valence-electron chi connectivity index (χ4n) is 3.49. The molecule has 2 aliphatic carbocycles. The zero-order valence-corrected chi connectivity index (χ0v) is 16.6. The van der Waals surface area contributed by atoms with Gasteiger partial charge in [0, 0.05) is 29.9 Å². The second kappa shape index (κ2) is 7.78. The third kappa shape index (κ3) is 4.14. The maximum atomic E-state index is 11.9. The molecule has 1 radical (unpaired) electrons.